The fourth-order valence-electron chi connectivity index (χ4n) is 5.04. The number of ether oxygens (including phenoxy) is 1. The van der Waals surface area contributed by atoms with Crippen molar-refractivity contribution < 1.29 is 24.2 Å². The van der Waals surface area contributed by atoms with Crippen LogP contribution in [0.4, 0.5) is 4.79 Å². The molecule has 4 rings (SSSR count). The molecule has 2 unspecified atom stereocenters. The van der Waals surface area contributed by atoms with Gasteiger partial charge in [-0.05, 0) is 55.4 Å². The zero-order chi connectivity index (χ0) is 24.3. The highest BCUT2D eigenvalue weighted by atomic mass is 16.5. The summed E-state index contributed by atoms with van der Waals surface area (Å²) in [5.41, 5.74) is 3.78. The molecule has 1 heterocycles. The normalized spacial score (nSPS) is 20.2. The van der Waals surface area contributed by atoms with Crippen LogP contribution in [0.5, 0.6) is 0 Å². The van der Waals surface area contributed by atoms with Crippen molar-refractivity contribution in [1.29, 1.82) is 0 Å². The number of fused-ring (bicyclic) bond motifs is 3. The molecular weight excluding hydrogens is 432 g/mol. The van der Waals surface area contributed by atoms with E-state index in [1.807, 2.05) is 31.2 Å². The molecule has 1 aliphatic heterocycles. The number of carbonyl (C=O) groups excluding carboxylic acids is 2. The van der Waals surface area contributed by atoms with Gasteiger partial charge in [0.05, 0.1) is 5.41 Å². The third kappa shape index (κ3) is 4.93. The molecule has 34 heavy (non-hydrogen) atoms. The second kappa shape index (κ2) is 9.87. The predicted molar refractivity (Wildman–Crippen MR) is 128 cm³/mol. The predicted octanol–water partition coefficient (Wildman–Crippen LogP) is 4.41. The molecule has 0 radical (unpaired) electrons. The van der Waals surface area contributed by atoms with Gasteiger partial charge < -0.3 is 20.1 Å². The van der Waals surface area contributed by atoms with Crippen molar-refractivity contribution in [3.05, 3.63) is 59.7 Å². The van der Waals surface area contributed by atoms with E-state index in [1.165, 1.54) is 11.1 Å². The monoisotopic (exact) mass is 464 g/mol. The van der Waals surface area contributed by atoms with Gasteiger partial charge in [-0.25, -0.2) is 4.79 Å². The van der Waals surface area contributed by atoms with Crippen LogP contribution in [0.15, 0.2) is 48.5 Å². The van der Waals surface area contributed by atoms with Gasteiger partial charge in [-0.1, -0.05) is 48.5 Å². The largest absolute Gasteiger partial charge is 0.481 e. The highest BCUT2D eigenvalue weighted by Gasteiger charge is 2.39. The molecule has 7 heteroatoms. The number of alkyl carbamates (subject to hydrolysis) is 1. The quantitative estimate of drug-likeness (QED) is 0.633. The number of amides is 2. The molecular formula is C27H32N2O5. The Morgan fingerprint density at radius 2 is 1.74 bits per heavy atom. The van der Waals surface area contributed by atoms with E-state index in [0.717, 1.165) is 11.1 Å². The average Bonchev–Trinajstić information content (AvgIpc) is 3.15. The minimum atomic E-state index is -0.890. The summed E-state index contributed by atoms with van der Waals surface area (Å²) in [5, 5.41) is 12.3. The second-order valence-corrected chi connectivity index (χ2v) is 9.69. The van der Waals surface area contributed by atoms with E-state index in [2.05, 4.69) is 29.6 Å². The van der Waals surface area contributed by atoms with Crippen molar-refractivity contribution in [2.45, 2.75) is 51.5 Å². The molecule has 2 aromatic carbocycles. The molecule has 1 saturated heterocycles. The van der Waals surface area contributed by atoms with Crippen LogP contribution in [0.2, 0.25) is 0 Å². The maximum absolute atomic E-state index is 12.6. The molecule has 2 atom stereocenters. The first-order valence-corrected chi connectivity index (χ1v) is 11.9. The lowest BCUT2D eigenvalue weighted by Gasteiger charge is -2.37. The van der Waals surface area contributed by atoms with E-state index in [9.17, 15) is 19.5 Å². The Bertz CT molecular complexity index is 1040. The first-order valence-electron chi connectivity index (χ1n) is 11.9. The van der Waals surface area contributed by atoms with Crippen LogP contribution in [0.25, 0.3) is 11.1 Å². The minimum Gasteiger partial charge on any atom is -0.481 e. The van der Waals surface area contributed by atoms with Gasteiger partial charge in [-0.3, -0.25) is 9.59 Å². The summed E-state index contributed by atoms with van der Waals surface area (Å²) in [5.74, 6) is -0.943. The molecule has 0 bridgehead atoms. The molecule has 0 spiro atoms. The van der Waals surface area contributed by atoms with E-state index in [-0.39, 0.29) is 37.4 Å². The Morgan fingerprint density at radius 3 is 2.35 bits per heavy atom. The summed E-state index contributed by atoms with van der Waals surface area (Å²) in [7, 11) is 0. The number of hydrogen-bond acceptors (Lipinski definition) is 4. The van der Waals surface area contributed by atoms with E-state index in [0.29, 0.717) is 25.8 Å². The van der Waals surface area contributed by atoms with Crippen molar-refractivity contribution in [3.63, 3.8) is 0 Å². The molecule has 0 saturated carbocycles. The molecule has 7 nitrogen and oxygen atoms in total. The number of aliphatic carboxylic acids is 1. The number of nitrogens with one attached hydrogen (secondary N) is 1. The lowest BCUT2D eigenvalue weighted by atomic mass is 9.82. The van der Waals surface area contributed by atoms with Gasteiger partial charge >= 0.3 is 12.1 Å². The van der Waals surface area contributed by atoms with E-state index < -0.39 is 17.5 Å². The smallest absolute Gasteiger partial charge is 0.407 e. The molecule has 180 valence electrons. The van der Waals surface area contributed by atoms with Gasteiger partial charge in [0.25, 0.3) is 0 Å². The lowest BCUT2D eigenvalue weighted by molar-refractivity contribution is -0.153. The van der Waals surface area contributed by atoms with Crippen molar-refractivity contribution in [2.24, 2.45) is 5.41 Å². The Kier molecular flexibility index (Phi) is 6.91. The number of nitrogens with zero attached hydrogens (tertiary/aromatic N) is 1. The van der Waals surface area contributed by atoms with Crippen LogP contribution in [-0.2, 0) is 14.3 Å². The summed E-state index contributed by atoms with van der Waals surface area (Å²) in [6, 6.07) is 16.1. The molecule has 1 aliphatic carbocycles. The van der Waals surface area contributed by atoms with E-state index in [1.54, 1.807) is 11.8 Å². The molecule has 2 amide bonds. The van der Waals surface area contributed by atoms with Gasteiger partial charge in [0, 0.05) is 31.5 Å². The zero-order valence-electron chi connectivity index (χ0n) is 19.8. The number of likely N-dealkylation sites (tertiary alicyclic amines) is 1. The summed E-state index contributed by atoms with van der Waals surface area (Å²) < 4.78 is 5.58. The number of benzene rings is 2. The molecule has 2 aromatic rings. The molecule has 2 aliphatic rings. The Hall–Kier alpha value is -3.35. The summed E-state index contributed by atoms with van der Waals surface area (Å²) in [4.78, 5) is 38.2. The van der Waals surface area contributed by atoms with Crippen LogP contribution >= 0.6 is 0 Å². The van der Waals surface area contributed by atoms with Crippen LogP contribution in [-0.4, -0.2) is 53.7 Å². The third-order valence-electron chi connectivity index (χ3n) is 7.06. The fraction of sp³-hybridized carbons (Fsp3) is 0.444. The summed E-state index contributed by atoms with van der Waals surface area (Å²) >= 11 is 0. The van der Waals surface area contributed by atoms with Gasteiger partial charge in [0.2, 0.25) is 5.91 Å². The van der Waals surface area contributed by atoms with Crippen LogP contribution in [0.3, 0.4) is 0 Å². The van der Waals surface area contributed by atoms with Gasteiger partial charge in [0.15, 0.2) is 0 Å². The summed E-state index contributed by atoms with van der Waals surface area (Å²) in [6.07, 6.45) is 1.47. The number of piperidine rings is 1. The number of carboxylic acid groups (broad SMARTS) is 1. The van der Waals surface area contributed by atoms with Crippen molar-refractivity contribution in [3.8, 4) is 11.1 Å². The van der Waals surface area contributed by atoms with Crippen molar-refractivity contribution >= 4 is 18.0 Å². The maximum Gasteiger partial charge on any atom is 0.407 e. The van der Waals surface area contributed by atoms with Gasteiger partial charge in [0.1, 0.15) is 6.61 Å². The topological polar surface area (TPSA) is 95.9 Å². The van der Waals surface area contributed by atoms with Crippen LogP contribution < -0.4 is 5.32 Å². The standard InChI is InChI=1S/C27H32N2O5/c1-18(12-13-24(30)29-15-7-14-27(2,17-29)25(31)32)28-26(33)34-16-23-21-10-5-3-8-19(21)20-9-4-6-11-22(20)23/h3-6,8-11,18,23H,7,12-17H2,1-2H3,(H,28,33)(H,31,32). The zero-order valence-corrected chi connectivity index (χ0v) is 19.8. The second-order valence-electron chi connectivity index (χ2n) is 9.69. The lowest BCUT2D eigenvalue weighted by Crippen LogP contribution is -2.48. The van der Waals surface area contributed by atoms with Gasteiger partial charge in [-0.2, -0.15) is 0 Å². The van der Waals surface area contributed by atoms with Crippen molar-refractivity contribution in [2.75, 3.05) is 19.7 Å². The number of carbonyl (C=O) groups is 3. The highest BCUT2D eigenvalue weighted by molar-refractivity contribution is 5.80. The van der Waals surface area contributed by atoms with E-state index in [4.69, 9.17) is 4.74 Å². The molecule has 0 aromatic heterocycles. The first kappa shape index (κ1) is 23.8. The number of hydrogen-bond donors (Lipinski definition) is 2. The summed E-state index contributed by atoms with van der Waals surface area (Å²) in [6.45, 7) is 4.58. The van der Waals surface area contributed by atoms with Crippen molar-refractivity contribution in [1.82, 2.24) is 10.2 Å². The highest BCUT2D eigenvalue weighted by Crippen LogP contribution is 2.44. The minimum absolute atomic E-state index is 0.00215. The Morgan fingerprint density at radius 1 is 1.12 bits per heavy atom. The van der Waals surface area contributed by atoms with Crippen LogP contribution in [0, 0.1) is 5.41 Å². The number of rotatable bonds is 7. The Balaban J connectivity index is 1.26. The number of carboxylic acids is 1. The third-order valence-corrected chi connectivity index (χ3v) is 7.06. The SMILES string of the molecule is CC(CCC(=O)N1CCCC(C)(C(=O)O)C1)NC(=O)OCC1c2ccccc2-c2ccccc21. The Labute approximate surface area is 200 Å². The first-order chi connectivity index (χ1) is 16.3. The van der Waals surface area contributed by atoms with Gasteiger partial charge in [-0.15, -0.1) is 0 Å². The van der Waals surface area contributed by atoms with Crippen LogP contribution in [0.1, 0.15) is 56.6 Å². The fourth-order valence-corrected chi connectivity index (χ4v) is 5.04. The van der Waals surface area contributed by atoms with E-state index >= 15 is 0 Å². The molecule has 1 fully saturated rings. The average molecular weight is 465 g/mol. The molecule has 2 N–H and O–H groups in total. The maximum atomic E-state index is 12.6.